The molecule has 0 aliphatic carbocycles. The Bertz CT molecular complexity index is 666. The van der Waals surface area contributed by atoms with Crippen molar-refractivity contribution < 1.29 is 4.74 Å². The van der Waals surface area contributed by atoms with Crippen molar-refractivity contribution in [2.75, 3.05) is 13.7 Å². The molecule has 0 fully saturated rings. The SMILES string of the molecule is CCCOc1ccc(CNC(=NC)NCc2nc(C(C)C)cs2)cn1. The van der Waals surface area contributed by atoms with Gasteiger partial charge in [-0.05, 0) is 17.9 Å². The summed E-state index contributed by atoms with van der Waals surface area (Å²) in [6.07, 6.45) is 2.80. The number of guanidine groups is 1. The van der Waals surface area contributed by atoms with Gasteiger partial charge in [-0.2, -0.15) is 0 Å². The number of pyridine rings is 1. The molecule has 0 aliphatic heterocycles. The number of hydrogen-bond donors (Lipinski definition) is 2. The van der Waals surface area contributed by atoms with E-state index in [1.54, 1.807) is 18.4 Å². The zero-order valence-electron chi connectivity index (χ0n) is 15.4. The summed E-state index contributed by atoms with van der Waals surface area (Å²) < 4.78 is 5.49. The van der Waals surface area contributed by atoms with Gasteiger partial charge in [0.15, 0.2) is 5.96 Å². The summed E-state index contributed by atoms with van der Waals surface area (Å²) in [7, 11) is 1.76. The van der Waals surface area contributed by atoms with Gasteiger partial charge < -0.3 is 15.4 Å². The van der Waals surface area contributed by atoms with Crippen LogP contribution in [0.4, 0.5) is 0 Å². The first kappa shape index (κ1) is 19.2. The van der Waals surface area contributed by atoms with Crippen LogP contribution in [0.25, 0.3) is 0 Å². The average Bonchev–Trinajstić information content (AvgIpc) is 3.10. The van der Waals surface area contributed by atoms with E-state index in [1.807, 2.05) is 18.3 Å². The van der Waals surface area contributed by atoms with Crippen LogP contribution >= 0.6 is 11.3 Å². The Hall–Kier alpha value is -2.15. The fourth-order valence-electron chi connectivity index (χ4n) is 2.04. The predicted octanol–water partition coefficient (Wildman–Crippen LogP) is 3.32. The van der Waals surface area contributed by atoms with Gasteiger partial charge in [0.05, 0.1) is 18.8 Å². The van der Waals surface area contributed by atoms with Crippen molar-refractivity contribution in [3.8, 4) is 5.88 Å². The molecule has 0 atom stereocenters. The van der Waals surface area contributed by atoms with Gasteiger partial charge in [0.25, 0.3) is 0 Å². The third-order valence-corrected chi connectivity index (χ3v) is 4.37. The van der Waals surface area contributed by atoms with Crippen LogP contribution in [0, 0.1) is 0 Å². The molecule has 0 aliphatic rings. The molecule has 2 heterocycles. The van der Waals surface area contributed by atoms with Gasteiger partial charge in [0.2, 0.25) is 5.88 Å². The van der Waals surface area contributed by atoms with Crippen molar-refractivity contribution in [2.45, 2.75) is 46.2 Å². The van der Waals surface area contributed by atoms with E-state index in [4.69, 9.17) is 4.74 Å². The van der Waals surface area contributed by atoms with Crippen molar-refractivity contribution in [1.29, 1.82) is 0 Å². The molecular formula is C18H27N5OS. The van der Waals surface area contributed by atoms with E-state index < -0.39 is 0 Å². The molecule has 7 heteroatoms. The van der Waals surface area contributed by atoms with Gasteiger partial charge >= 0.3 is 0 Å². The number of rotatable bonds is 8. The Labute approximate surface area is 153 Å². The minimum Gasteiger partial charge on any atom is -0.478 e. The van der Waals surface area contributed by atoms with Gasteiger partial charge in [-0.1, -0.05) is 26.8 Å². The first-order chi connectivity index (χ1) is 12.1. The molecule has 0 unspecified atom stereocenters. The van der Waals surface area contributed by atoms with E-state index in [2.05, 4.69) is 51.7 Å². The predicted molar refractivity (Wildman–Crippen MR) is 103 cm³/mol. The highest BCUT2D eigenvalue weighted by Gasteiger charge is 2.06. The molecule has 2 rings (SSSR count). The minimum absolute atomic E-state index is 0.458. The molecule has 2 N–H and O–H groups in total. The molecule has 0 amide bonds. The van der Waals surface area contributed by atoms with Gasteiger partial charge in [-0.15, -0.1) is 11.3 Å². The summed E-state index contributed by atoms with van der Waals surface area (Å²) in [5, 5.41) is 9.75. The molecule has 6 nitrogen and oxygen atoms in total. The molecule has 0 bridgehead atoms. The monoisotopic (exact) mass is 361 g/mol. The highest BCUT2D eigenvalue weighted by molar-refractivity contribution is 7.09. The van der Waals surface area contributed by atoms with Crippen molar-refractivity contribution in [3.63, 3.8) is 0 Å². The standard InChI is InChI=1S/C18H27N5OS/c1-5-8-24-16-7-6-14(9-20-16)10-21-18(19-4)22-11-17-23-15(12-25-17)13(2)3/h6-7,9,12-13H,5,8,10-11H2,1-4H3,(H2,19,21,22). The molecule has 0 saturated heterocycles. The van der Waals surface area contributed by atoms with Crippen molar-refractivity contribution in [3.05, 3.63) is 40.0 Å². The first-order valence-electron chi connectivity index (χ1n) is 8.59. The third kappa shape index (κ3) is 6.34. The van der Waals surface area contributed by atoms with E-state index in [9.17, 15) is 0 Å². The average molecular weight is 362 g/mol. The van der Waals surface area contributed by atoms with E-state index in [-0.39, 0.29) is 0 Å². The molecule has 0 aromatic carbocycles. The van der Waals surface area contributed by atoms with E-state index >= 15 is 0 Å². The maximum atomic E-state index is 5.49. The first-order valence-corrected chi connectivity index (χ1v) is 9.46. The van der Waals surface area contributed by atoms with Crippen molar-refractivity contribution in [2.24, 2.45) is 4.99 Å². The Morgan fingerprint density at radius 3 is 2.68 bits per heavy atom. The zero-order chi connectivity index (χ0) is 18.1. The lowest BCUT2D eigenvalue weighted by molar-refractivity contribution is 0.305. The topological polar surface area (TPSA) is 71.4 Å². The number of aliphatic imine (C=N–C) groups is 1. The summed E-state index contributed by atoms with van der Waals surface area (Å²) >= 11 is 1.67. The van der Waals surface area contributed by atoms with Crippen LogP contribution in [0.15, 0.2) is 28.7 Å². The second kappa shape index (κ2) is 9.98. The van der Waals surface area contributed by atoms with Gasteiger partial charge in [0, 0.05) is 31.2 Å². The minimum atomic E-state index is 0.458. The van der Waals surface area contributed by atoms with Crippen LogP contribution in [0.2, 0.25) is 0 Å². The molecule has 136 valence electrons. The lowest BCUT2D eigenvalue weighted by atomic mass is 10.2. The summed E-state index contributed by atoms with van der Waals surface area (Å²) in [4.78, 5) is 13.2. The normalized spacial score (nSPS) is 11.6. The van der Waals surface area contributed by atoms with Crippen LogP contribution in [-0.4, -0.2) is 29.6 Å². The zero-order valence-corrected chi connectivity index (χ0v) is 16.2. The molecule has 0 spiro atoms. The molecule has 0 radical (unpaired) electrons. The second-order valence-electron chi connectivity index (χ2n) is 5.95. The number of ether oxygens (including phenoxy) is 1. The number of thiazole rings is 1. The van der Waals surface area contributed by atoms with Crippen LogP contribution in [-0.2, 0) is 13.1 Å². The summed E-state index contributed by atoms with van der Waals surface area (Å²) in [6, 6.07) is 3.90. The lowest BCUT2D eigenvalue weighted by Crippen LogP contribution is -2.36. The highest BCUT2D eigenvalue weighted by Crippen LogP contribution is 2.17. The largest absolute Gasteiger partial charge is 0.478 e. The van der Waals surface area contributed by atoms with Crippen LogP contribution < -0.4 is 15.4 Å². The van der Waals surface area contributed by atoms with E-state index in [0.717, 1.165) is 28.6 Å². The van der Waals surface area contributed by atoms with Crippen LogP contribution in [0.1, 0.15) is 49.4 Å². The number of aromatic nitrogens is 2. The molecule has 2 aromatic rings. The quantitative estimate of drug-likeness (QED) is 0.557. The fourth-order valence-corrected chi connectivity index (χ4v) is 2.94. The van der Waals surface area contributed by atoms with Gasteiger partial charge in [0.1, 0.15) is 5.01 Å². The maximum absolute atomic E-state index is 5.49. The van der Waals surface area contributed by atoms with E-state index in [0.29, 0.717) is 31.5 Å². The maximum Gasteiger partial charge on any atom is 0.213 e. The fraction of sp³-hybridized carbons (Fsp3) is 0.500. The van der Waals surface area contributed by atoms with E-state index in [1.165, 1.54) is 0 Å². The molecule has 0 saturated carbocycles. The summed E-state index contributed by atoms with van der Waals surface area (Å²) in [5.41, 5.74) is 2.21. The molecule has 25 heavy (non-hydrogen) atoms. The lowest BCUT2D eigenvalue weighted by Gasteiger charge is -2.11. The second-order valence-corrected chi connectivity index (χ2v) is 6.90. The number of nitrogens with zero attached hydrogens (tertiary/aromatic N) is 3. The van der Waals surface area contributed by atoms with Gasteiger partial charge in [-0.3, -0.25) is 4.99 Å². The number of nitrogens with one attached hydrogen (secondary N) is 2. The summed E-state index contributed by atoms with van der Waals surface area (Å²) in [5.74, 6) is 1.87. The van der Waals surface area contributed by atoms with Crippen LogP contribution in [0.5, 0.6) is 5.88 Å². The van der Waals surface area contributed by atoms with Gasteiger partial charge in [-0.25, -0.2) is 9.97 Å². The number of hydrogen-bond acceptors (Lipinski definition) is 5. The molecular weight excluding hydrogens is 334 g/mol. The summed E-state index contributed by atoms with van der Waals surface area (Å²) in [6.45, 7) is 8.39. The smallest absolute Gasteiger partial charge is 0.213 e. The Morgan fingerprint density at radius 2 is 2.08 bits per heavy atom. The van der Waals surface area contributed by atoms with Crippen LogP contribution in [0.3, 0.4) is 0 Å². The van der Waals surface area contributed by atoms with Crippen molar-refractivity contribution >= 4 is 17.3 Å². The third-order valence-electron chi connectivity index (χ3n) is 3.50. The van der Waals surface area contributed by atoms with Crippen molar-refractivity contribution in [1.82, 2.24) is 20.6 Å². The highest BCUT2D eigenvalue weighted by atomic mass is 32.1. The Kier molecular flexibility index (Phi) is 7.66. The molecule has 2 aromatic heterocycles. The Morgan fingerprint density at radius 1 is 1.28 bits per heavy atom. The Balaban J connectivity index is 1.79.